The van der Waals surface area contributed by atoms with Crippen LogP contribution in [-0.2, 0) is 14.3 Å². The molecule has 0 fully saturated rings. The molecule has 0 spiro atoms. The molecule has 0 bridgehead atoms. The Morgan fingerprint density at radius 2 is 2.20 bits per heavy atom. The van der Waals surface area contributed by atoms with Crippen LogP contribution in [0.1, 0.15) is 0 Å². The summed E-state index contributed by atoms with van der Waals surface area (Å²) < 4.78 is 19.3. The Balaban J connectivity index is 3.39. The first-order valence-electron chi connectivity index (χ1n) is 0.708. The molecule has 0 aliphatic rings. The van der Waals surface area contributed by atoms with Crippen LogP contribution in [0.25, 0.3) is 0 Å². The second-order valence-corrected chi connectivity index (χ2v) is 1.93. The van der Waals surface area contributed by atoms with E-state index in [0.29, 0.717) is 0 Å². The van der Waals surface area contributed by atoms with Crippen molar-refractivity contribution in [2.75, 3.05) is 0 Å². The number of nitrogens with one attached hydrogen (secondary N) is 1. The fourth-order valence-electron chi connectivity index (χ4n) is 0. The first kappa shape index (κ1) is 5.34. The predicted octanol–water partition coefficient (Wildman–Crippen LogP) is 1.51. The number of hydrogen-bond donors (Lipinski definition) is 1. The van der Waals surface area contributed by atoms with Crippen molar-refractivity contribution in [3.63, 3.8) is 0 Å². The first-order chi connectivity index (χ1) is 2.27. The van der Waals surface area contributed by atoms with Crippen LogP contribution in [0.5, 0.6) is 0 Å². The van der Waals surface area contributed by atoms with Crippen LogP contribution in [0.15, 0.2) is 0 Å². The van der Waals surface area contributed by atoms with Gasteiger partial charge in [0.05, 0.1) is 0 Å². The summed E-state index contributed by atoms with van der Waals surface area (Å²) in [5.74, 6) is 0. The Morgan fingerprint density at radius 3 is 2.20 bits per heavy atom. The Morgan fingerprint density at radius 1 is 2.00 bits per heavy atom. The van der Waals surface area contributed by atoms with Crippen molar-refractivity contribution < 1.29 is 8.91 Å². The second-order valence-electron chi connectivity index (χ2n) is 0.312. The zero-order chi connectivity index (χ0) is 4.28. The van der Waals surface area contributed by atoms with Gasteiger partial charge in [0.25, 0.3) is 0 Å². The van der Waals surface area contributed by atoms with Gasteiger partial charge in [-0.3, -0.25) is 0 Å². The fourth-order valence-corrected chi connectivity index (χ4v) is 0. The summed E-state index contributed by atoms with van der Waals surface area (Å²) in [6.07, 6.45) is 0. The topological polar surface area (TPSA) is 33.1 Å². The normalized spacial score (nSPS) is 7.20. The van der Waals surface area contributed by atoms with Crippen LogP contribution in [0.2, 0.25) is 0 Å². The molecule has 0 aromatic heterocycles. The van der Waals surface area contributed by atoms with Gasteiger partial charge in [0.1, 0.15) is 0 Å². The molecular weight excluding hydrogens is 112 g/mol. The molecule has 5 heteroatoms. The van der Waals surface area contributed by atoms with Gasteiger partial charge in [0.2, 0.25) is 0 Å². The first-order valence-corrected chi connectivity index (χ1v) is 2.91. The fraction of sp³-hybridized carbons (Fsp3) is 0. The molecule has 30 valence electrons. The minimum atomic E-state index is -1.54. The Bertz CT molecular complexity index is 113. The van der Waals surface area contributed by atoms with E-state index in [1.165, 1.54) is 0 Å². The van der Waals surface area contributed by atoms with E-state index in [1.807, 2.05) is 0 Å². The van der Waals surface area contributed by atoms with E-state index in [-0.39, 0.29) is 0 Å². The monoisotopic (exact) mass is 113 g/mol. The van der Waals surface area contributed by atoms with Crippen LogP contribution >= 0.6 is 7.81 Å². The van der Waals surface area contributed by atoms with Crippen LogP contribution in [0.3, 0.4) is 0 Å². The summed E-state index contributed by atoms with van der Waals surface area (Å²) in [5.41, 5.74) is 0. The van der Waals surface area contributed by atoms with Crippen molar-refractivity contribution in [2.45, 2.75) is 0 Å². The summed E-state index contributed by atoms with van der Waals surface area (Å²) in [6, 6.07) is 0. The van der Waals surface area contributed by atoms with Gasteiger partial charge in [-0.1, -0.05) is 0 Å². The van der Waals surface area contributed by atoms with Gasteiger partial charge in [-0.2, -0.15) is 0 Å². The maximum atomic E-state index is 10.4. The second kappa shape index (κ2) is 2.57. The average Bonchev–Trinajstić information content (AvgIpc) is 1.38. The Labute approximate surface area is 32.4 Å². The van der Waals surface area contributed by atoms with E-state index < -0.39 is 9.95 Å². The van der Waals surface area contributed by atoms with Crippen molar-refractivity contribution in [1.29, 1.82) is 4.78 Å². The van der Waals surface area contributed by atoms with Gasteiger partial charge in [0, 0.05) is 0 Å². The average molecular weight is 113 g/mol. The molecule has 0 heterocycles. The molecule has 1 N–H and O–H groups in total. The summed E-state index contributed by atoms with van der Waals surface area (Å²) in [5, 5.41) is 0. The molecule has 0 aliphatic heterocycles. The van der Waals surface area contributed by atoms with Crippen molar-refractivity contribution >= 4 is 17.8 Å². The standard InChI is InChI=1S/FHNOPS/c1-3-5(2)4/h2H. The molecule has 0 unspecified atom stereocenters. The molecule has 0 amide bonds. The number of halogens is 1. The maximum absolute atomic E-state index is 10.4. The van der Waals surface area contributed by atoms with Gasteiger partial charge >= 0.3 is 31.5 Å². The van der Waals surface area contributed by atoms with Gasteiger partial charge < -0.3 is 0 Å². The summed E-state index contributed by atoms with van der Waals surface area (Å²) in [7, 11) is 1.65. The van der Waals surface area contributed by atoms with Crippen molar-refractivity contribution in [1.82, 2.24) is 0 Å². The summed E-state index contributed by atoms with van der Waals surface area (Å²) in [6.45, 7) is 0. The van der Waals surface area contributed by atoms with Crippen LogP contribution < -0.4 is 0 Å². The van der Waals surface area contributed by atoms with Crippen LogP contribution in [-0.4, -0.2) is 0 Å². The zero-order valence-corrected chi connectivity index (χ0v) is 3.85. The molecule has 2 nitrogen and oxygen atoms in total. The van der Waals surface area contributed by atoms with Crippen molar-refractivity contribution in [3.05, 3.63) is 0 Å². The molecule has 0 aliphatic carbocycles. The molecule has 0 aromatic rings. The van der Waals surface area contributed by atoms with E-state index >= 15 is 0 Å². The molecule has 0 saturated heterocycles. The van der Waals surface area contributed by atoms with E-state index in [1.54, 1.807) is 0 Å². The Hall–Kier alpha value is 0.340. The molecule has 5 heavy (non-hydrogen) atoms. The van der Waals surface area contributed by atoms with Gasteiger partial charge in [0.15, 0.2) is 0 Å². The quantitative estimate of drug-likeness (QED) is 0.474. The molecule has 0 aromatic carbocycles. The molecular formula is HFNOPS. The zero-order valence-electron chi connectivity index (χ0n) is 2.14. The minimum absolute atomic E-state index is 1.54. The SMILES string of the molecule is N=S(#P)OF. The summed E-state index contributed by atoms with van der Waals surface area (Å²) >= 11 is 0. The third-order valence-corrected chi connectivity index (χ3v) is 0.348. The van der Waals surface area contributed by atoms with E-state index in [2.05, 4.69) is 12.2 Å². The van der Waals surface area contributed by atoms with Gasteiger partial charge in [-0.05, 0) is 0 Å². The van der Waals surface area contributed by atoms with E-state index in [9.17, 15) is 4.53 Å². The predicted molar refractivity (Wildman–Crippen MR) is 19.2 cm³/mol. The van der Waals surface area contributed by atoms with Crippen molar-refractivity contribution in [3.8, 4) is 0 Å². The van der Waals surface area contributed by atoms with E-state index in [0.717, 1.165) is 0 Å². The molecule has 0 rings (SSSR count). The molecule has 0 saturated carbocycles. The third kappa shape index (κ3) is 4.34. The van der Waals surface area contributed by atoms with Crippen molar-refractivity contribution in [2.24, 2.45) is 0 Å². The number of rotatable bonds is 0. The Kier molecular flexibility index (Phi) is 2.75. The van der Waals surface area contributed by atoms with Crippen LogP contribution in [0.4, 0.5) is 4.53 Å². The van der Waals surface area contributed by atoms with Gasteiger partial charge in [-0.15, -0.1) is 0 Å². The number of hydrogen-bond acceptors (Lipinski definition) is 2. The molecule has 0 radical (unpaired) electrons. The van der Waals surface area contributed by atoms with E-state index in [4.69, 9.17) is 4.78 Å². The summed E-state index contributed by atoms with van der Waals surface area (Å²) in [4.78, 5) is 0. The van der Waals surface area contributed by atoms with Gasteiger partial charge in [-0.25, -0.2) is 0 Å². The third-order valence-electron chi connectivity index (χ3n) is 0.0597. The van der Waals surface area contributed by atoms with Crippen LogP contribution in [0, 0.1) is 4.78 Å². The molecule has 0 atom stereocenters.